The number of nitrogens with zero attached hydrogens (tertiary/aromatic N) is 1. The third-order valence-electron chi connectivity index (χ3n) is 2.31. The van der Waals surface area contributed by atoms with Gasteiger partial charge in [0, 0.05) is 11.8 Å². The fourth-order valence-corrected chi connectivity index (χ4v) is 1.59. The first-order chi connectivity index (χ1) is 7.27. The van der Waals surface area contributed by atoms with E-state index >= 15 is 0 Å². The van der Waals surface area contributed by atoms with E-state index in [9.17, 15) is 9.59 Å². The topological polar surface area (TPSA) is 64.6 Å². The number of aldehydes is 1. The number of fused-ring (bicyclic) bond motifs is 1. The van der Waals surface area contributed by atoms with Crippen LogP contribution < -0.4 is 5.73 Å². The summed E-state index contributed by atoms with van der Waals surface area (Å²) in [5.74, 6) is -0.177. The number of rotatable bonds is 3. The summed E-state index contributed by atoms with van der Waals surface area (Å²) in [7, 11) is 0. The van der Waals surface area contributed by atoms with Crippen LogP contribution in [0, 0.1) is 0 Å². The highest BCUT2D eigenvalue weighted by atomic mass is 16.1. The van der Waals surface area contributed by atoms with Crippen molar-refractivity contribution < 1.29 is 9.59 Å². The Morgan fingerprint density at radius 3 is 2.93 bits per heavy atom. The van der Waals surface area contributed by atoms with Gasteiger partial charge in [-0.25, -0.2) is 0 Å². The molecular weight excluding hydrogens is 192 g/mol. The highest BCUT2D eigenvalue weighted by molar-refractivity contribution is 6.00. The second kappa shape index (κ2) is 3.67. The molecule has 0 spiro atoms. The lowest BCUT2D eigenvalue weighted by Gasteiger charge is -1.98. The predicted octanol–water partition coefficient (Wildman–Crippen LogP) is 0.893. The lowest BCUT2D eigenvalue weighted by molar-refractivity contribution is 0.0996. The number of carbonyl (C=O) groups is 2. The maximum Gasteiger partial charge on any atom is 0.193 e. The van der Waals surface area contributed by atoms with Crippen LogP contribution in [0.1, 0.15) is 20.8 Å². The Hall–Kier alpha value is -1.94. The van der Waals surface area contributed by atoms with Gasteiger partial charge in [-0.15, -0.1) is 0 Å². The molecule has 0 radical (unpaired) electrons. The molecule has 2 N–H and O–H groups in total. The molecule has 0 aromatic carbocycles. The Morgan fingerprint density at radius 1 is 1.47 bits per heavy atom. The molecule has 0 unspecified atom stereocenters. The number of aromatic nitrogens is 1. The van der Waals surface area contributed by atoms with E-state index in [2.05, 4.69) is 0 Å². The minimum Gasteiger partial charge on any atom is -0.324 e. The molecule has 0 bridgehead atoms. The van der Waals surface area contributed by atoms with Crippen LogP contribution in [0.2, 0.25) is 0 Å². The Labute approximate surface area is 86.3 Å². The zero-order valence-corrected chi connectivity index (χ0v) is 8.01. The second-order valence-corrected chi connectivity index (χ2v) is 3.19. The van der Waals surface area contributed by atoms with Crippen LogP contribution in [-0.2, 0) is 0 Å². The summed E-state index contributed by atoms with van der Waals surface area (Å²) < 4.78 is 1.68. The summed E-state index contributed by atoms with van der Waals surface area (Å²) in [5, 5.41) is 0. The summed E-state index contributed by atoms with van der Waals surface area (Å²) in [4.78, 5) is 22.3. The van der Waals surface area contributed by atoms with Gasteiger partial charge in [-0.2, -0.15) is 0 Å². The van der Waals surface area contributed by atoms with Gasteiger partial charge in [0.1, 0.15) is 0 Å². The molecule has 0 aliphatic heterocycles. The first-order valence-corrected chi connectivity index (χ1v) is 4.56. The van der Waals surface area contributed by atoms with E-state index in [4.69, 9.17) is 5.73 Å². The molecule has 2 rings (SSSR count). The molecule has 0 fully saturated rings. The van der Waals surface area contributed by atoms with Crippen molar-refractivity contribution in [1.82, 2.24) is 4.40 Å². The number of hydrogen-bond donors (Lipinski definition) is 1. The average molecular weight is 202 g/mol. The fourth-order valence-electron chi connectivity index (χ4n) is 1.59. The third-order valence-corrected chi connectivity index (χ3v) is 2.31. The predicted molar refractivity (Wildman–Crippen MR) is 56.2 cm³/mol. The van der Waals surface area contributed by atoms with Crippen molar-refractivity contribution in [3.63, 3.8) is 0 Å². The molecule has 0 aliphatic rings. The van der Waals surface area contributed by atoms with E-state index in [0.717, 1.165) is 11.8 Å². The lowest BCUT2D eigenvalue weighted by atomic mass is 10.2. The van der Waals surface area contributed by atoms with E-state index in [0.29, 0.717) is 11.3 Å². The summed E-state index contributed by atoms with van der Waals surface area (Å²) in [6.45, 7) is -0.0562. The summed E-state index contributed by atoms with van der Waals surface area (Å²) >= 11 is 0. The standard InChI is InChI=1S/C11H10N2O2/c12-6-11(15)10-5-8(7-14)9-3-1-2-4-13(9)10/h1-5,7H,6,12H2. The van der Waals surface area contributed by atoms with Gasteiger partial charge in [0.25, 0.3) is 0 Å². The fraction of sp³-hybridized carbons (Fsp3) is 0.0909. The molecule has 15 heavy (non-hydrogen) atoms. The van der Waals surface area contributed by atoms with Gasteiger partial charge in [0.15, 0.2) is 12.1 Å². The normalized spacial score (nSPS) is 10.5. The second-order valence-electron chi connectivity index (χ2n) is 3.19. The number of carbonyl (C=O) groups excluding carboxylic acids is 2. The van der Waals surface area contributed by atoms with Gasteiger partial charge >= 0.3 is 0 Å². The molecule has 0 amide bonds. The first kappa shape index (κ1) is 9.61. The molecule has 0 saturated carbocycles. The Morgan fingerprint density at radius 2 is 2.27 bits per heavy atom. The Kier molecular flexibility index (Phi) is 2.35. The van der Waals surface area contributed by atoms with E-state index in [-0.39, 0.29) is 12.3 Å². The molecule has 4 heteroatoms. The van der Waals surface area contributed by atoms with Gasteiger partial charge in [0.05, 0.1) is 17.8 Å². The van der Waals surface area contributed by atoms with Crippen molar-refractivity contribution in [1.29, 1.82) is 0 Å². The van der Waals surface area contributed by atoms with Crippen molar-refractivity contribution in [2.45, 2.75) is 0 Å². The van der Waals surface area contributed by atoms with Gasteiger partial charge in [-0.3, -0.25) is 9.59 Å². The van der Waals surface area contributed by atoms with Crippen molar-refractivity contribution in [2.75, 3.05) is 6.54 Å². The molecule has 4 nitrogen and oxygen atoms in total. The van der Waals surface area contributed by atoms with Crippen LogP contribution in [-0.4, -0.2) is 23.0 Å². The van der Waals surface area contributed by atoms with E-state index < -0.39 is 0 Å². The van der Waals surface area contributed by atoms with Gasteiger partial charge < -0.3 is 10.1 Å². The molecule has 2 aromatic rings. The number of hydrogen-bond acceptors (Lipinski definition) is 3. The minimum absolute atomic E-state index is 0.0562. The van der Waals surface area contributed by atoms with Crippen molar-refractivity contribution in [2.24, 2.45) is 5.73 Å². The third kappa shape index (κ3) is 1.45. The quantitative estimate of drug-likeness (QED) is 0.594. The number of ketones is 1. The highest BCUT2D eigenvalue weighted by Gasteiger charge is 2.12. The zero-order chi connectivity index (χ0) is 10.8. The van der Waals surface area contributed by atoms with Gasteiger partial charge in [0.2, 0.25) is 0 Å². The molecule has 0 atom stereocenters. The molecule has 0 aliphatic carbocycles. The van der Waals surface area contributed by atoms with E-state index in [1.807, 2.05) is 6.07 Å². The smallest absolute Gasteiger partial charge is 0.193 e. The highest BCUT2D eigenvalue weighted by Crippen LogP contribution is 2.15. The summed E-state index contributed by atoms with van der Waals surface area (Å²) in [5.41, 5.74) is 6.98. The molecule has 0 saturated heterocycles. The maximum absolute atomic E-state index is 11.5. The Bertz CT molecular complexity index is 528. The number of Topliss-reactive ketones (excluding diaryl/α,β-unsaturated/α-hetero) is 1. The number of nitrogens with two attached hydrogens (primary N) is 1. The molecule has 2 heterocycles. The average Bonchev–Trinajstić information content (AvgIpc) is 2.67. The molecular formula is C11H10N2O2. The molecule has 76 valence electrons. The van der Waals surface area contributed by atoms with E-state index in [1.54, 1.807) is 28.8 Å². The largest absolute Gasteiger partial charge is 0.324 e. The van der Waals surface area contributed by atoms with Crippen molar-refractivity contribution in [3.05, 3.63) is 41.7 Å². The Balaban J connectivity index is 2.75. The van der Waals surface area contributed by atoms with Gasteiger partial charge in [-0.1, -0.05) is 6.07 Å². The van der Waals surface area contributed by atoms with Gasteiger partial charge in [-0.05, 0) is 18.2 Å². The van der Waals surface area contributed by atoms with Crippen LogP contribution in [0.4, 0.5) is 0 Å². The number of pyridine rings is 1. The van der Waals surface area contributed by atoms with Crippen LogP contribution in [0.25, 0.3) is 5.52 Å². The molecule has 2 aromatic heterocycles. The van der Waals surface area contributed by atoms with Crippen molar-refractivity contribution >= 4 is 17.6 Å². The monoisotopic (exact) mass is 202 g/mol. The maximum atomic E-state index is 11.5. The zero-order valence-electron chi connectivity index (χ0n) is 8.01. The minimum atomic E-state index is -0.177. The lowest BCUT2D eigenvalue weighted by Crippen LogP contribution is -2.15. The summed E-state index contributed by atoms with van der Waals surface area (Å²) in [6, 6.07) is 6.97. The first-order valence-electron chi connectivity index (χ1n) is 4.56. The van der Waals surface area contributed by atoms with Crippen LogP contribution in [0.5, 0.6) is 0 Å². The van der Waals surface area contributed by atoms with E-state index in [1.165, 1.54) is 0 Å². The SMILES string of the molecule is NCC(=O)c1cc(C=O)c2ccccn12. The summed E-state index contributed by atoms with van der Waals surface area (Å²) in [6.07, 6.45) is 2.48. The van der Waals surface area contributed by atoms with Crippen LogP contribution in [0.15, 0.2) is 30.5 Å². The van der Waals surface area contributed by atoms with Crippen molar-refractivity contribution in [3.8, 4) is 0 Å². The van der Waals surface area contributed by atoms with Crippen LogP contribution in [0.3, 0.4) is 0 Å². The van der Waals surface area contributed by atoms with Crippen LogP contribution >= 0.6 is 0 Å².